The summed E-state index contributed by atoms with van der Waals surface area (Å²) in [6.07, 6.45) is 6.47. The van der Waals surface area contributed by atoms with Crippen LogP contribution < -0.4 is 4.74 Å². The predicted molar refractivity (Wildman–Crippen MR) is 92.8 cm³/mol. The quantitative estimate of drug-likeness (QED) is 0.665. The van der Waals surface area contributed by atoms with Gasteiger partial charge < -0.3 is 14.6 Å². The lowest BCUT2D eigenvalue weighted by Crippen LogP contribution is -2.38. The molecule has 4 heteroatoms. The fourth-order valence-electron chi connectivity index (χ4n) is 4.45. The summed E-state index contributed by atoms with van der Waals surface area (Å²) < 4.78 is 10.8. The van der Waals surface area contributed by atoms with Crippen molar-refractivity contribution in [3.63, 3.8) is 0 Å². The van der Waals surface area contributed by atoms with Crippen molar-refractivity contribution in [3.05, 3.63) is 29.8 Å². The molecule has 2 fully saturated rings. The summed E-state index contributed by atoms with van der Waals surface area (Å²) in [5.74, 6) is 0.796. The molecule has 0 saturated heterocycles. The van der Waals surface area contributed by atoms with Gasteiger partial charge in [0.05, 0.1) is 7.11 Å². The Balaban J connectivity index is 1.67. The maximum Gasteiger partial charge on any atom is 0.331 e. The largest absolute Gasteiger partial charge is 0.504 e. The number of esters is 1. The molecule has 0 amide bonds. The predicted octanol–water partition coefficient (Wildman–Crippen LogP) is 4.17. The Morgan fingerprint density at radius 3 is 2.67 bits per heavy atom. The zero-order valence-corrected chi connectivity index (χ0v) is 14.8. The molecule has 0 radical (unpaired) electrons. The summed E-state index contributed by atoms with van der Waals surface area (Å²) in [5.41, 5.74) is 1.08. The third-order valence-electron chi connectivity index (χ3n) is 6.59. The molecule has 0 aliphatic heterocycles. The lowest BCUT2D eigenvalue weighted by atomic mass is 9.70. The number of phenolic OH excluding ortho intramolecular Hbond substituents is 1. The molecule has 1 N–H and O–H groups in total. The third-order valence-corrected chi connectivity index (χ3v) is 6.59. The Hall–Kier alpha value is -1.97. The highest BCUT2D eigenvalue weighted by Crippen LogP contribution is 2.66. The average molecular weight is 330 g/mol. The summed E-state index contributed by atoms with van der Waals surface area (Å²) in [6, 6.07) is 4.95. The number of carbonyl (C=O) groups is 1. The first-order valence-electron chi connectivity index (χ1n) is 8.53. The van der Waals surface area contributed by atoms with E-state index in [4.69, 9.17) is 9.47 Å². The SMILES string of the molecule is COc1cc(/C=C\C(=O)O[C@@H]2C[C@H]3CC[C@]2(C)C3(C)C)ccc1O. The van der Waals surface area contributed by atoms with Gasteiger partial charge in [0.15, 0.2) is 11.5 Å². The van der Waals surface area contributed by atoms with Crippen LogP contribution in [0.1, 0.15) is 45.6 Å². The van der Waals surface area contributed by atoms with E-state index in [1.54, 1.807) is 24.3 Å². The van der Waals surface area contributed by atoms with Crippen LogP contribution in [0.2, 0.25) is 0 Å². The summed E-state index contributed by atoms with van der Waals surface area (Å²) in [7, 11) is 1.49. The van der Waals surface area contributed by atoms with Crippen LogP contribution in [0, 0.1) is 16.7 Å². The van der Waals surface area contributed by atoms with Crippen molar-refractivity contribution in [3.8, 4) is 11.5 Å². The minimum Gasteiger partial charge on any atom is -0.504 e. The number of benzene rings is 1. The molecule has 1 aromatic rings. The molecule has 1 aromatic carbocycles. The number of carbonyl (C=O) groups excluding carboxylic acids is 1. The highest BCUT2D eigenvalue weighted by atomic mass is 16.5. The van der Waals surface area contributed by atoms with Crippen LogP contribution in [0.15, 0.2) is 24.3 Å². The second-order valence-corrected chi connectivity index (χ2v) is 7.80. The molecule has 2 aliphatic carbocycles. The molecular weight excluding hydrogens is 304 g/mol. The van der Waals surface area contributed by atoms with Gasteiger partial charge in [-0.2, -0.15) is 0 Å². The first-order chi connectivity index (χ1) is 11.3. The molecule has 0 unspecified atom stereocenters. The Labute approximate surface area is 143 Å². The summed E-state index contributed by atoms with van der Waals surface area (Å²) in [6.45, 7) is 6.86. The summed E-state index contributed by atoms with van der Waals surface area (Å²) in [5, 5.41) is 9.60. The van der Waals surface area contributed by atoms with Gasteiger partial charge in [-0.25, -0.2) is 4.79 Å². The van der Waals surface area contributed by atoms with Gasteiger partial charge in [0.2, 0.25) is 0 Å². The zero-order valence-electron chi connectivity index (χ0n) is 14.8. The fraction of sp³-hybridized carbons (Fsp3) is 0.550. The zero-order chi connectivity index (χ0) is 17.5. The Morgan fingerprint density at radius 2 is 2.08 bits per heavy atom. The van der Waals surface area contributed by atoms with Gasteiger partial charge in [-0.1, -0.05) is 26.8 Å². The van der Waals surface area contributed by atoms with Crippen LogP contribution >= 0.6 is 0 Å². The minimum absolute atomic E-state index is 0.00208. The van der Waals surface area contributed by atoms with E-state index in [1.165, 1.54) is 19.6 Å². The highest BCUT2D eigenvalue weighted by Gasteiger charge is 2.62. The van der Waals surface area contributed by atoms with Crippen molar-refractivity contribution in [2.75, 3.05) is 7.11 Å². The van der Waals surface area contributed by atoms with E-state index >= 15 is 0 Å². The smallest absolute Gasteiger partial charge is 0.331 e. The Morgan fingerprint density at radius 1 is 1.33 bits per heavy atom. The van der Waals surface area contributed by atoms with Gasteiger partial charge in [-0.3, -0.25) is 0 Å². The molecule has 24 heavy (non-hydrogen) atoms. The normalized spacial score (nSPS) is 30.7. The lowest BCUT2D eigenvalue weighted by molar-refractivity contribution is -0.150. The molecule has 130 valence electrons. The van der Waals surface area contributed by atoms with E-state index in [0.29, 0.717) is 11.7 Å². The molecule has 0 aromatic heterocycles. The molecule has 3 atom stereocenters. The van der Waals surface area contributed by atoms with Crippen molar-refractivity contribution in [2.45, 2.75) is 46.1 Å². The molecule has 0 spiro atoms. The van der Waals surface area contributed by atoms with Crippen LogP contribution in [-0.2, 0) is 9.53 Å². The van der Waals surface area contributed by atoms with Gasteiger partial charge in [-0.15, -0.1) is 0 Å². The van der Waals surface area contributed by atoms with Crippen LogP contribution in [0.4, 0.5) is 0 Å². The van der Waals surface area contributed by atoms with Gasteiger partial charge in [-0.05, 0) is 54.4 Å². The monoisotopic (exact) mass is 330 g/mol. The second-order valence-electron chi connectivity index (χ2n) is 7.80. The molecule has 3 rings (SSSR count). The topological polar surface area (TPSA) is 55.8 Å². The van der Waals surface area contributed by atoms with Crippen LogP contribution in [-0.4, -0.2) is 24.3 Å². The number of aromatic hydroxyl groups is 1. The van der Waals surface area contributed by atoms with Crippen LogP contribution in [0.3, 0.4) is 0 Å². The number of rotatable bonds is 4. The first kappa shape index (κ1) is 16.9. The third kappa shape index (κ3) is 2.58. The number of fused-ring (bicyclic) bond motifs is 2. The van der Waals surface area contributed by atoms with E-state index in [2.05, 4.69) is 20.8 Å². The van der Waals surface area contributed by atoms with E-state index in [0.717, 1.165) is 18.4 Å². The molecule has 2 bridgehead atoms. The summed E-state index contributed by atoms with van der Waals surface area (Å²) >= 11 is 0. The van der Waals surface area contributed by atoms with E-state index < -0.39 is 0 Å². The van der Waals surface area contributed by atoms with Crippen LogP contribution in [0.5, 0.6) is 11.5 Å². The number of phenols is 1. The number of methoxy groups -OCH3 is 1. The van der Waals surface area contributed by atoms with Gasteiger partial charge in [0, 0.05) is 11.5 Å². The summed E-state index contributed by atoms with van der Waals surface area (Å²) in [4.78, 5) is 12.2. The van der Waals surface area contributed by atoms with Crippen molar-refractivity contribution in [1.29, 1.82) is 0 Å². The Bertz CT molecular complexity index is 676. The van der Waals surface area contributed by atoms with Crippen LogP contribution in [0.25, 0.3) is 6.08 Å². The first-order valence-corrected chi connectivity index (χ1v) is 8.53. The van der Waals surface area contributed by atoms with Gasteiger partial charge >= 0.3 is 5.97 Å². The maximum atomic E-state index is 12.2. The molecule has 2 aliphatic rings. The van der Waals surface area contributed by atoms with Crippen molar-refractivity contribution >= 4 is 12.0 Å². The second kappa shape index (κ2) is 5.83. The molecule has 0 heterocycles. The molecular formula is C20H26O4. The van der Waals surface area contributed by atoms with Crippen molar-refractivity contribution < 1.29 is 19.4 Å². The van der Waals surface area contributed by atoms with Crippen molar-refractivity contribution in [2.24, 2.45) is 16.7 Å². The minimum atomic E-state index is -0.309. The van der Waals surface area contributed by atoms with E-state index in [9.17, 15) is 9.90 Å². The van der Waals surface area contributed by atoms with Crippen molar-refractivity contribution in [1.82, 2.24) is 0 Å². The Kier molecular flexibility index (Phi) is 4.10. The lowest BCUT2D eigenvalue weighted by Gasteiger charge is -2.38. The average Bonchev–Trinajstić information content (AvgIpc) is 2.87. The van der Waals surface area contributed by atoms with Gasteiger partial charge in [0.25, 0.3) is 0 Å². The fourth-order valence-corrected chi connectivity index (χ4v) is 4.45. The number of hydrogen-bond donors (Lipinski definition) is 1. The highest BCUT2D eigenvalue weighted by molar-refractivity contribution is 5.87. The molecule has 2 saturated carbocycles. The standard InChI is InChI=1S/C20H26O4/c1-19(2)14-9-10-20(19,3)17(12-14)24-18(22)8-6-13-5-7-15(21)16(11-13)23-4/h5-8,11,14,17,21H,9-10,12H2,1-4H3/b8-6-/t14-,17-,20+/m1/s1. The van der Waals surface area contributed by atoms with E-state index in [1.807, 2.05) is 0 Å². The van der Waals surface area contributed by atoms with Gasteiger partial charge in [0.1, 0.15) is 6.10 Å². The number of ether oxygens (including phenoxy) is 2. The van der Waals surface area contributed by atoms with E-state index in [-0.39, 0.29) is 28.7 Å². The maximum absolute atomic E-state index is 12.2. The molecule has 4 nitrogen and oxygen atoms in total. The number of hydrogen-bond acceptors (Lipinski definition) is 4.